The maximum Gasteiger partial charge on any atom is 0.326 e. The van der Waals surface area contributed by atoms with E-state index in [-0.39, 0.29) is 11.3 Å². The second-order valence-corrected chi connectivity index (χ2v) is 4.07. The summed E-state index contributed by atoms with van der Waals surface area (Å²) in [4.78, 5) is 33.6. The molecule has 7 heteroatoms. The monoisotopic (exact) mass is 268 g/mol. The third-order valence-corrected chi connectivity index (χ3v) is 2.55. The fraction of sp³-hybridized carbons (Fsp3) is 0.417. The highest BCUT2D eigenvalue weighted by molar-refractivity contribution is 5.99. The van der Waals surface area contributed by atoms with Crippen molar-refractivity contribution in [3.05, 3.63) is 23.7 Å². The van der Waals surface area contributed by atoms with E-state index >= 15 is 0 Å². The van der Waals surface area contributed by atoms with Crippen LogP contribution in [-0.4, -0.2) is 28.9 Å². The lowest BCUT2D eigenvalue weighted by molar-refractivity contribution is -0.139. The Morgan fingerprint density at radius 1 is 1.47 bits per heavy atom. The summed E-state index contributed by atoms with van der Waals surface area (Å²) >= 11 is 0. The molecule has 1 heterocycles. The van der Waals surface area contributed by atoms with Crippen LogP contribution in [-0.2, 0) is 4.79 Å². The zero-order valence-corrected chi connectivity index (χ0v) is 10.5. The summed E-state index contributed by atoms with van der Waals surface area (Å²) in [6.45, 7) is 1.93. The van der Waals surface area contributed by atoms with Crippen LogP contribution in [0.5, 0.6) is 0 Å². The molecule has 0 saturated carbocycles. The van der Waals surface area contributed by atoms with Crippen molar-refractivity contribution in [1.82, 2.24) is 5.32 Å². The van der Waals surface area contributed by atoms with Gasteiger partial charge in [0.15, 0.2) is 5.76 Å². The quantitative estimate of drug-likeness (QED) is 0.673. The largest absolute Gasteiger partial charge is 0.480 e. The SMILES string of the molecule is CCCCC(NC(=O)c1coc(C(N)=O)c1)C(=O)O. The second kappa shape index (κ2) is 6.58. The van der Waals surface area contributed by atoms with Crippen LogP contribution in [0.25, 0.3) is 0 Å². The number of carboxylic acids is 1. The number of nitrogens with one attached hydrogen (secondary N) is 1. The van der Waals surface area contributed by atoms with E-state index in [2.05, 4.69) is 5.32 Å². The first kappa shape index (κ1) is 14.7. The Balaban J connectivity index is 2.70. The first-order valence-electron chi connectivity index (χ1n) is 5.87. The number of unbranched alkanes of at least 4 members (excludes halogenated alkanes) is 1. The molecule has 0 aliphatic carbocycles. The first-order chi connectivity index (χ1) is 8.95. The van der Waals surface area contributed by atoms with Crippen LogP contribution >= 0.6 is 0 Å². The number of rotatable bonds is 7. The van der Waals surface area contributed by atoms with Gasteiger partial charge < -0.3 is 20.6 Å². The van der Waals surface area contributed by atoms with Gasteiger partial charge in [-0.2, -0.15) is 0 Å². The molecule has 0 aliphatic heterocycles. The number of carbonyl (C=O) groups is 3. The molecule has 1 aromatic heterocycles. The van der Waals surface area contributed by atoms with Crippen molar-refractivity contribution in [2.45, 2.75) is 32.2 Å². The molecule has 1 rings (SSSR count). The van der Waals surface area contributed by atoms with Crippen LogP contribution in [0, 0.1) is 0 Å². The van der Waals surface area contributed by atoms with Crippen LogP contribution in [0.3, 0.4) is 0 Å². The molecule has 19 heavy (non-hydrogen) atoms. The highest BCUT2D eigenvalue weighted by Crippen LogP contribution is 2.08. The minimum Gasteiger partial charge on any atom is -0.480 e. The summed E-state index contributed by atoms with van der Waals surface area (Å²) in [7, 11) is 0. The predicted octanol–water partition coefficient (Wildman–Crippen LogP) is 0.752. The van der Waals surface area contributed by atoms with E-state index < -0.39 is 23.8 Å². The van der Waals surface area contributed by atoms with E-state index in [1.807, 2.05) is 6.92 Å². The molecule has 1 unspecified atom stereocenters. The Labute approximate surface area is 109 Å². The average molecular weight is 268 g/mol. The molecule has 7 nitrogen and oxygen atoms in total. The number of amides is 2. The van der Waals surface area contributed by atoms with Crippen LogP contribution < -0.4 is 11.1 Å². The molecule has 2 amide bonds. The van der Waals surface area contributed by atoms with Gasteiger partial charge in [0, 0.05) is 6.07 Å². The van der Waals surface area contributed by atoms with E-state index in [1.165, 1.54) is 6.07 Å². The van der Waals surface area contributed by atoms with Gasteiger partial charge in [0.25, 0.3) is 11.8 Å². The van der Waals surface area contributed by atoms with Gasteiger partial charge in [-0.1, -0.05) is 19.8 Å². The Morgan fingerprint density at radius 3 is 2.63 bits per heavy atom. The van der Waals surface area contributed by atoms with E-state index in [4.69, 9.17) is 15.3 Å². The van der Waals surface area contributed by atoms with Gasteiger partial charge in [-0.15, -0.1) is 0 Å². The molecule has 0 saturated heterocycles. The van der Waals surface area contributed by atoms with Crippen molar-refractivity contribution in [3.8, 4) is 0 Å². The normalized spacial score (nSPS) is 11.8. The van der Waals surface area contributed by atoms with Crippen LogP contribution in [0.2, 0.25) is 0 Å². The smallest absolute Gasteiger partial charge is 0.326 e. The van der Waals surface area contributed by atoms with Crippen molar-refractivity contribution < 1.29 is 23.9 Å². The zero-order chi connectivity index (χ0) is 14.4. The minimum atomic E-state index is -1.10. The molecule has 4 N–H and O–H groups in total. The van der Waals surface area contributed by atoms with E-state index in [9.17, 15) is 14.4 Å². The molecule has 0 aliphatic rings. The summed E-state index contributed by atoms with van der Waals surface area (Å²) in [5, 5.41) is 11.3. The van der Waals surface area contributed by atoms with Crippen LogP contribution in [0.4, 0.5) is 0 Å². The van der Waals surface area contributed by atoms with Gasteiger partial charge in [0.05, 0.1) is 5.56 Å². The molecule has 0 spiro atoms. The molecule has 0 bridgehead atoms. The Bertz CT molecular complexity index is 480. The molecular weight excluding hydrogens is 252 g/mol. The maximum atomic E-state index is 11.8. The van der Waals surface area contributed by atoms with Crippen molar-refractivity contribution in [2.75, 3.05) is 0 Å². The van der Waals surface area contributed by atoms with E-state index in [1.54, 1.807) is 0 Å². The molecule has 1 aromatic rings. The molecule has 0 aromatic carbocycles. The predicted molar refractivity (Wildman–Crippen MR) is 65.6 cm³/mol. The molecule has 0 radical (unpaired) electrons. The van der Waals surface area contributed by atoms with Crippen molar-refractivity contribution >= 4 is 17.8 Å². The van der Waals surface area contributed by atoms with Crippen LogP contribution in [0.1, 0.15) is 47.1 Å². The van der Waals surface area contributed by atoms with Crippen molar-refractivity contribution in [3.63, 3.8) is 0 Å². The Morgan fingerprint density at radius 2 is 2.16 bits per heavy atom. The van der Waals surface area contributed by atoms with Gasteiger partial charge in [0.2, 0.25) is 0 Å². The summed E-state index contributed by atoms with van der Waals surface area (Å²) in [5.74, 6) is -2.65. The van der Waals surface area contributed by atoms with Crippen molar-refractivity contribution in [1.29, 1.82) is 0 Å². The fourth-order valence-corrected chi connectivity index (χ4v) is 1.49. The summed E-state index contributed by atoms with van der Waals surface area (Å²) in [5.41, 5.74) is 5.05. The summed E-state index contributed by atoms with van der Waals surface area (Å²) in [6.07, 6.45) is 2.93. The first-order valence-corrected chi connectivity index (χ1v) is 5.87. The van der Waals surface area contributed by atoms with Gasteiger partial charge in [-0.05, 0) is 6.42 Å². The van der Waals surface area contributed by atoms with E-state index in [0.717, 1.165) is 12.7 Å². The molecule has 0 fully saturated rings. The number of aliphatic carboxylic acids is 1. The Hall–Kier alpha value is -2.31. The number of carbonyl (C=O) groups excluding carboxylic acids is 2. The maximum absolute atomic E-state index is 11.8. The van der Waals surface area contributed by atoms with E-state index in [0.29, 0.717) is 12.8 Å². The standard InChI is InChI=1S/C12H16N2O5/c1-2-3-4-8(12(17)18)14-11(16)7-5-9(10(13)15)19-6-7/h5-6,8H,2-4H2,1H3,(H2,13,15)(H,14,16)(H,17,18). The Kier molecular flexibility index (Phi) is 5.11. The zero-order valence-electron chi connectivity index (χ0n) is 10.5. The van der Waals surface area contributed by atoms with Crippen molar-refractivity contribution in [2.24, 2.45) is 5.73 Å². The fourth-order valence-electron chi connectivity index (χ4n) is 1.49. The lowest BCUT2D eigenvalue weighted by Crippen LogP contribution is -2.40. The number of hydrogen-bond acceptors (Lipinski definition) is 4. The average Bonchev–Trinajstić information content (AvgIpc) is 2.83. The number of furan rings is 1. The van der Waals surface area contributed by atoms with Gasteiger partial charge in [-0.25, -0.2) is 4.79 Å². The minimum absolute atomic E-state index is 0.0662. The van der Waals surface area contributed by atoms with Gasteiger partial charge in [0.1, 0.15) is 12.3 Å². The number of carboxylic acid groups (broad SMARTS) is 1. The third kappa shape index (κ3) is 4.13. The van der Waals surface area contributed by atoms with Crippen LogP contribution in [0.15, 0.2) is 16.7 Å². The molecular formula is C12H16N2O5. The lowest BCUT2D eigenvalue weighted by Gasteiger charge is -2.13. The third-order valence-electron chi connectivity index (χ3n) is 2.55. The van der Waals surface area contributed by atoms with Gasteiger partial charge >= 0.3 is 5.97 Å². The summed E-state index contributed by atoms with van der Waals surface area (Å²) in [6, 6.07) is 0.218. The molecule has 104 valence electrons. The summed E-state index contributed by atoms with van der Waals surface area (Å²) < 4.78 is 4.79. The highest BCUT2D eigenvalue weighted by Gasteiger charge is 2.21. The lowest BCUT2D eigenvalue weighted by atomic mass is 10.1. The van der Waals surface area contributed by atoms with Gasteiger partial charge in [-0.3, -0.25) is 9.59 Å². The molecule has 1 atom stereocenters. The number of primary amides is 1. The topological polar surface area (TPSA) is 123 Å². The highest BCUT2D eigenvalue weighted by atomic mass is 16.4. The number of hydrogen-bond donors (Lipinski definition) is 3. The number of nitrogens with two attached hydrogens (primary N) is 1. The second-order valence-electron chi connectivity index (χ2n) is 4.07.